The van der Waals surface area contributed by atoms with E-state index < -0.39 is 0 Å². The molecule has 0 saturated carbocycles. The molecule has 0 radical (unpaired) electrons. The third kappa shape index (κ3) is 5.91. The fraction of sp³-hybridized carbons (Fsp3) is 0.217. The predicted molar refractivity (Wildman–Crippen MR) is 111 cm³/mol. The second kappa shape index (κ2) is 9.65. The van der Waals surface area contributed by atoms with Crippen LogP contribution in [0.15, 0.2) is 66.9 Å². The first-order valence-corrected chi connectivity index (χ1v) is 9.39. The molecule has 0 atom stereocenters. The summed E-state index contributed by atoms with van der Waals surface area (Å²) in [5.74, 6) is 0.353. The van der Waals surface area contributed by atoms with Crippen LogP contribution in [0.4, 0.5) is 15.9 Å². The molecule has 0 aliphatic rings. The standard InChI is InChI=1S/C23H24FN3O/c1-17-9-11-18(12-10-17)5-4-8-23(28)27-20-13-14-22(26-16-20)25-15-19-6-2-3-7-21(19)24/h2-3,6-7,9-14,16H,4-5,8,15H2,1H3,(H,25,26)(H,27,28). The lowest BCUT2D eigenvalue weighted by atomic mass is 10.1. The average Bonchev–Trinajstić information content (AvgIpc) is 2.70. The molecule has 1 aromatic heterocycles. The summed E-state index contributed by atoms with van der Waals surface area (Å²) in [6.45, 7) is 2.41. The lowest BCUT2D eigenvalue weighted by Gasteiger charge is -2.08. The Kier molecular flexibility index (Phi) is 6.73. The smallest absolute Gasteiger partial charge is 0.224 e. The molecule has 1 amide bonds. The van der Waals surface area contributed by atoms with Gasteiger partial charge in [0.25, 0.3) is 0 Å². The van der Waals surface area contributed by atoms with E-state index >= 15 is 0 Å². The number of carbonyl (C=O) groups is 1. The molecule has 0 aliphatic heterocycles. The Labute approximate surface area is 164 Å². The largest absolute Gasteiger partial charge is 0.366 e. The first-order chi connectivity index (χ1) is 13.6. The van der Waals surface area contributed by atoms with Gasteiger partial charge in [0.15, 0.2) is 0 Å². The van der Waals surface area contributed by atoms with Crippen molar-refractivity contribution in [3.8, 4) is 0 Å². The molecule has 0 spiro atoms. The van der Waals surface area contributed by atoms with Gasteiger partial charge in [-0.2, -0.15) is 0 Å². The normalized spacial score (nSPS) is 10.5. The highest BCUT2D eigenvalue weighted by molar-refractivity contribution is 5.90. The summed E-state index contributed by atoms with van der Waals surface area (Å²) in [5, 5.41) is 5.93. The Morgan fingerprint density at radius 1 is 1.04 bits per heavy atom. The fourth-order valence-electron chi connectivity index (χ4n) is 2.83. The van der Waals surface area contributed by atoms with Crippen LogP contribution in [0.1, 0.15) is 29.5 Å². The van der Waals surface area contributed by atoms with Crippen molar-refractivity contribution < 1.29 is 9.18 Å². The summed E-state index contributed by atoms with van der Waals surface area (Å²) in [5.41, 5.74) is 3.71. The van der Waals surface area contributed by atoms with Crippen molar-refractivity contribution in [2.45, 2.75) is 32.7 Å². The van der Waals surface area contributed by atoms with Gasteiger partial charge in [0.2, 0.25) is 5.91 Å². The van der Waals surface area contributed by atoms with Crippen LogP contribution in [0, 0.1) is 12.7 Å². The van der Waals surface area contributed by atoms with Crippen LogP contribution in [0.25, 0.3) is 0 Å². The molecule has 3 aromatic rings. The van der Waals surface area contributed by atoms with Gasteiger partial charge in [0.05, 0.1) is 11.9 Å². The Bertz CT molecular complexity index is 908. The van der Waals surface area contributed by atoms with Crippen LogP contribution in [0.3, 0.4) is 0 Å². The van der Waals surface area contributed by atoms with Crippen molar-refractivity contribution in [3.05, 3.63) is 89.4 Å². The van der Waals surface area contributed by atoms with E-state index in [2.05, 4.69) is 46.8 Å². The number of benzene rings is 2. The number of anilines is 2. The lowest BCUT2D eigenvalue weighted by molar-refractivity contribution is -0.116. The number of carbonyl (C=O) groups excluding carboxylic acids is 1. The summed E-state index contributed by atoms with van der Waals surface area (Å²) < 4.78 is 13.6. The number of pyridine rings is 1. The lowest BCUT2D eigenvalue weighted by Crippen LogP contribution is -2.12. The van der Waals surface area contributed by atoms with E-state index in [-0.39, 0.29) is 11.7 Å². The van der Waals surface area contributed by atoms with Crippen molar-refractivity contribution in [2.75, 3.05) is 10.6 Å². The first-order valence-electron chi connectivity index (χ1n) is 9.39. The van der Waals surface area contributed by atoms with Crippen molar-refractivity contribution in [3.63, 3.8) is 0 Å². The molecule has 144 valence electrons. The number of hydrogen-bond acceptors (Lipinski definition) is 3. The Hall–Kier alpha value is -3.21. The van der Waals surface area contributed by atoms with E-state index in [4.69, 9.17) is 0 Å². The first kappa shape index (κ1) is 19.5. The molecule has 2 aromatic carbocycles. The van der Waals surface area contributed by atoms with Crippen LogP contribution in [0.2, 0.25) is 0 Å². The summed E-state index contributed by atoms with van der Waals surface area (Å²) in [7, 11) is 0. The number of nitrogens with zero attached hydrogens (tertiary/aromatic N) is 1. The van der Waals surface area contributed by atoms with Gasteiger partial charge in [-0.3, -0.25) is 4.79 Å². The number of aromatic nitrogens is 1. The van der Waals surface area contributed by atoms with E-state index in [0.29, 0.717) is 30.0 Å². The van der Waals surface area contributed by atoms with Gasteiger partial charge in [-0.25, -0.2) is 9.37 Å². The zero-order valence-corrected chi connectivity index (χ0v) is 15.9. The van der Waals surface area contributed by atoms with Crippen LogP contribution in [-0.4, -0.2) is 10.9 Å². The minimum Gasteiger partial charge on any atom is -0.366 e. The highest BCUT2D eigenvalue weighted by Gasteiger charge is 2.05. The number of amides is 1. The number of aryl methyl sites for hydroxylation is 2. The highest BCUT2D eigenvalue weighted by Crippen LogP contribution is 2.14. The minimum absolute atomic E-state index is 0.0269. The SMILES string of the molecule is Cc1ccc(CCCC(=O)Nc2ccc(NCc3ccccc3F)nc2)cc1. The molecule has 0 bridgehead atoms. The van der Waals surface area contributed by atoms with Gasteiger partial charge >= 0.3 is 0 Å². The Morgan fingerprint density at radius 2 is 1.82 bits per heavy atom. The van der Waals surface area contributed by atoms with Crippen LogP contribution in [0.5, 0.6) is 0 Å². The number of hydrogen-bond donors (Lipinski definition) is 2. The quantitative estimate of drug-likeness (QED) is 0.574. The number of halogens is 1. The summed E-state index contributed by atoms with van der Waals surface area (Å²) in [6.07, 6.45) is 3.73. The van der Waals surface area contributed by atoms with Crippen LogP contribution >= 0.6 is 0 Å². The van der Waals surface area contributed by atoms with E-state index in [9.17, 15) is 9.18 Å². The minimum atomic E-state index is -0.246. The number of nitrogens with one attached hydrogen (secondary N) is 2. The van der Waals surface area contributed by atoms with Crippen molar-refractivity contribution >= 4 is 17.4 Å². The average molecular weight is 377 g/mol. The maximum atomic E-state index is 13.6. The van der Waals surface area contributed by atoms with Crippen molar-refractivity contribution in [2.24, 2.45) is 0 Å². The molecular weight excluding hydrogens is 353 g/mol. The third-order valence-corrected chi connectivity index (χ3v) is 4.45. The molecule has 4 nitrogen and oxygen atoms in total. The molecule has 28 heavy (non-hydrogen) atoms. The molecule has 0 saturated heterocycles. The van der Waals surface area contributed by atoms with Gasteiger partial charge in [-0.05, 0) is 43.5 Å². The topological polar surface area (TPSA) is 54.0 Å². The van der Waals surface area contributed by atoms with E-state index in [1.807, 2.05) is 0 Å². The summed E-state index contributed by atoms with van der Waals surface area (Å²) in [6, 6.07) is 18.5. The summed E-state index contributed by atoms with van der Waals surface area (Å²) in [4.78, 5) is 16.4. The molecule has 0 aliphatic carbocycles. The maximum Gasteiger partial charge on any atom is 0.224 e. The van der Waals surface area contributed by atoms with E-state index in [1.165, 1.54) is 17.2 Å². The summed E-state index contributed by atoms with van der Waals surface area (Å²) >= 11 is 0. The molecule has 2 N–H and O–H groups in total. The monoisotopic (exact) mass is 377 g/mol. The molecule has 1 heterocycles. The zero-order chi connectivity index (χ0) is 19.8. The highest BCUT2D eigenvalue weighted by atomic mass is 19.1. The van der Waals surface area contributed by atoms with E-state index in [1.54, 1.807) is 36.5 Å². The van der Waals surface area contributed by atoms with Gasteiger partial charge in [-0.15, -0.1) is 0 Å². The molecule has 3 rings (SSSR count). The fourth-order valence-corrected chi connectivity index (χ4v) is 2.83. The van der Waals surface area contributed by atoms with Crippen LogP contribution in [-0.2, 0) is 17.8 Å². The predicted octanol–water partition coefficient (Wildman–Crippen LogP) is 5.10. The van der Waals surface area contributed by atoms with E-state index in [0.717, 1.165) is 12.8 Å². The van der Waals surface area contributed by atoms with Gasteiger partial charge in [-0.1, -0.05) is 48.0 Å². The second-order valence-corrected chi connectivity index (χ2v) is 6.76. The third-order valence-electron chi connectivity index (χ3n) is 4.45. The van der Waals surface area contributed by atoms with Gasteiger partial charge < -0.3 is 10.6 Å². The molecule has 5 heteroatoms. The van der Waals surface area contributed by atoms with Crippen molar-refractivity contribution in [1.82, 2.24) is 4.98 Å². The Morgan fingerprint density at radius 3 is 2.54 bits per heavy atom. The molecular formula is C23H24FN3O. The maximum absolute atomic E-state index is 13.6. The second-order valence-electron chi connectivity index (χ2n) is 6.76. The molecule has 0 fully saturated rings. The van der Waals surface area contributed by atoms with Gasteiger partial charge in [0, 0.05) is 18.5 Å². The van der Waals surface area contributed by atoms with Crippen LogP contribution < -0.4 is 10.6 Å². The zero-order valence-electron chi connectivity index (χ0n) is 15.9. The van der Waals surface area contributed by atoms with Gasteiger partial charge in [0.1, 0.15) is 11.6 Å². The Balaban J connectivity index is 1.42. The molecule has 0 unspecified atom stereocenters. The number of rotatable bonds is 8. The van der Waals surface area contributed by atoms with Crippen molar-refractivity contribution in [1.29, 1.82) is 0 Å².